The van der Waals surface area contributed by atoms with Crippen LogP contribution in [0.25, 0.3) is 11.4 Å². The quantitative estimate of drug-likeness (QED) is 0.190. The maximum Gasteiger partial charge on any atom is 0.0463 e. The predicted molar refractivity (Wildman–Crippen MR) is 174 cm³/mol. The highest BCUT2D eigenvalue weighted by atomic mass is 15.2. The van der Waals surface area contributed by atoms with E-state index >= 15 is 0 Å². The standard InChI is InChI=1S/C38H30N4/c1-3-11-33(12-4-1)41(35-19-15-31(16-20-35)39-27-7-8-28-39)37-23-25-38(26-24-37)42(34-13-5-2-6-14-34)36-21-17-32(18-22-36)40-29-9-10-30-40/h1-30H. The molecule has 0 spiro atoms. The monoisotopic (exact) mass is 542 g/mol. The highest BCUT2D eigenvalue weighted by molar-refractivity contribution is 5.81. The molecular formula is C38H30N4. The van der Waals surface area contributed by atoms with Gasteiger partial charge in [-0.3, -0.25) is 0 Å². The molecular weight excluding hydrogens is 512 g/mol. The lowest BCUT2D eigenvalue weighted by Crippen LogP contribution is -2.12. The number of hydrogen-bond donors (Lipinski definition) is 0. The highest BCUT2D eigenvalue weighted by Crippen LogP contribution is 2.39. The predicted octanol–water partition coefficient (Wildman–Crippen LogP) is 10.2. The third-order valence-electron chi connectivity index (χ3n) is 7.42. The molecule has 2 aromatic heterocycles. The third kappa shape index (κ3) is 5.09. The van der Waals surface area contributed by atoms with Gasteiger partial charge in [-0.2, -0.15) is 0 Å². The van der Waals surface area contributed by atoms with Crippen LogP contribution in [-0.2, 0) is 0 Å². The molecule has 0 N–H and O–H groups in total. The summed E-state index contributed by atoms with van der Waals surface area (Å²) in [5.41, 5.74) is 8.88. The SMILES string of the molecule is c1ccc(N(c2ccc(N(c3ccccc3)c3ccc(-n4cccc4)cc3)cc2)c2ccc(-n3cccc3)cc2)cc1. The van der Waals surface area contributed by atoms with Crippen molar-refractivity contribution in [2.24, 2.45) is 0 Å². The first kappa shape index (κ1) is 25.2. The van der Waals surface area contributed by atoms with Gasteiger partial charge in [-0.25, -0.2) is 0 Å². The summed E-state index contributed by atoms with van der Waals surface area (Å²) in [5, 5.41) is 0. The molecule has 0 radical (unpaired) electrons. The van der Waals surface area contributed by atoms with Crippen molar-refractivity contribution in [2.45, 2.75) is 0 Å². The molecule has 0 aliphatic carbocycles. The van der Waals surface area contributed by atoms with E-state index in [1.807, 2.05) is 24.3 Å². The summed E-state index contributed by atoms with van der Waals surface area (Å²) in [6.07, 6.45) is 8.26. The Labute approximate surface area is 246 Å². The van der Waals surface area contributed by atoms with Crippen LogP contribution in [0.15, 0.2) is 183 Å². The molecule has 0 aliphatic rings. The highest BCUT2D eigenvalue weighted by Gasteiger charge is 2.16. The van der Waals surface area contributed by atoms with E-state index in [-0.39, 0.29) is 0 Å². The molecule has 0 aliphatic heterocycles. The van der Waals surface area contributed by atoms with Gasteiger partial charge in [0, 0.05) is 70.3 Å². The molecule has 7 rings (SSSR count). The minimum Gasteiger partial charge on any atom is -0.324 e. The van der Waals surface area contributed by atoms with Crippen LogP contribution in [-0.4, -0.2) is 9.13 Å². The van der Waals surface area contributed by atoms with Crippen molar-refractivity contribution in [2.75, 3.05) is 9.80 Å². The summed E-state index contributed by atoms with van der Waals surface area (Å²) in [6, 6.07) is 55.4. The van der Waals surface area contributed by atoms with Crippen LogP contribution in [0.3, 0.4) is 0 Å². The second-order valence-corrected chi connectivity index (χ2v) is 10.1. The van der Waals surface area contributed by atoms with Crippen LogP contribution in [0.1, 0.15) is 0 Å². The number of benzene rings is 5. The van der Waals surface area contributed by atoms with Crippen LogP contribution in [0.4, 0.5) is 34.1 Å². The molecule has 4 heteroatoms. The van der Waals surface area contributed by atoms with Gasteiger partial charge in [0.25, 0.3) is 0 Å². The van der Waals surface area contributed by atoms with Gasteiger partial charge in [0.1, 0.15) is 0 Å². The summed E-state index contributed by atoms with van der Waals surface area (Å²) in [4.78, 5) is 4.59. The number of rotatable bonds is 8. The van der Waals surface area contributed by atoms with E-state index in [0.29, 0.717) is 0 Å². The van der Waals surface area contributed by atoms with Crippen molar-refractivity contribution < 1.29 is 0 Å². The Morgan fingerprint density at radius 1 is 0.262 bits per heavy atom. The lowest BCUT2D eigenvalue weighted by atomic mass is 10.1. The van der Waals surface area contributed by atoms with Crippen molar-refractivity contribution in [3.8, 4) is 11.4 Å². The molecule has 2 heterocycles. The van der Waals surface area contributed by atoms with E-state index in [0.717, 1.165) is 45.5 Å². The summed E-state index contributed by atoms with van der Waals surface area (Å²) in [6.45, 7) is 0. The lowest BCUT2D eigenvalue weighted by Gasteiger charge is -2.28. The number of para-hydroxylation sites is 2. The number of aromatic nitrogens is 2. The average molecular weight is 543 g/mol. The largest absolute Gasteiger partial charge is 0.324 e. The molecule has 4 nitrogen and oxygen atoms in total. The summed E-state index contributed by atoms with van der Waals surface area (Å²) in [5.74, 6) is 0. The summed E-state index contributed by atoms with van der Waals surface area (Å²) >= 11 is 0. The van der Waals surface area contributed by atoms with Crippen LogP contribution in [0, 0.1) is 0 Å². The first-order chi connectivity index (χ1) is 20.8. The Hall–Kier alpha value is -5.74. The van der Waals surface area contributed by atoms with Crippen molar-refractivity contribution in [3.05, 3.63) is 183 Å². The second-order valence-electron chi connectivity index (χ2n) is 10.1. The minimum absolute atomic E-state index is 1.09. The molecule has 0 saturated heterocycles. The molecule has 0 saturated carbocycles. The van der Waals surface area contributed by atoms with Gasteiger partial charge in [0.2, 0.25) is 0 Å². The lowest BCUT2D eigenvalue weighted by molar-refractivity contribution is 1.08. The van der Waals surface area contributed by atoms with E-state index in [4.69, 9.17) is 0 Å². The fraction of sp³-hybridized carbons (Fsp3) is 0. The van der Waals surface area contributed by atoms with Gasteiger partial charge in [-0.05, 0) is 121 Å². The molecule has 7 aromatic rings. The van der Waals surface area contributed by atoms with Gasteiger partial charge >= 0.3 is 0 Å². The first-order valence-electron chi connectivity index (χ1n) is 14.1. The Bertz CT molecular complexity index is 1680. The zero-order valence-corrected chi connectivity index (χ0v) is 23.1. The van der Waals surface area contributed by atoms with Gasteiger partial charge in [-0.15, -0.1) is 0 Å². The molecule has 5 aromatic carbocycles. The average Bonchev–Trinajstić information content (AvgIpc) is 3.80. The maximum atomic E-state index is 2.29. The van der Waals surface area contributed by atoms with E-state index < -0.39 is 0 Å². The molecule has 0 fully saturated rings. The summed E-state index contributed by atoms with van der Waals surface area (Å²) in [7, 11) is 0. The zero-order chi connectivity index (χ0) is 28.1. The molecule has 42 heavy (non-hydrogen) atoms. The van der Waals surface area contributed by atoms with Crippen LogP contribution < -0.4 is 9.80 Å². The Morgan fingerprint density at radius 3 is 0.833 bits per heavy atom. The zero-order valence-electron chi connectivity index (χ0n) is 23.1. The van der Waals surface area contributed by atoms with Crippen LogP contribution in [0.5, 0.6) is 0 Å². The number of anilines is 6. The van der Waals surface area contributed by atoms with Crippen molar-refractivity contribution in [1.82, 2.24) is 9.13 Å². The minimum atomic E-state index is 1.09. The van der Waals surface area contributed by atoms with Crippen molar-refractivity contribution in [1.29, 1.82) is 0 Å². The summed E-state index contributed by atoms with van der Waals surface area (Å²) < 4.78 is 4.24. The van der Waals surface area contributed by atoms with E-state index in [1.165, 1.54) is 0 Å². The Kier molecular flexibility index (Phi) is 6.85. The fourth-order valence-corrected chi connectivity index (χ4v) is 5.36. The van der Waals surface area contributed by atoms with Gasteiger partial charge < -0.3 is 18.9 Å². The molecule has 0 unspecified atom stereocenters. The van der Waals surface area contributed by atoms with Gasteiger partial charge in [-0.1, -0.05) is 36.4 Å². The smallest absolute Gasteiger partial charge is 0.0463 e. The molecule has 0 bridgehead atoms. The normalized spacial score (nSPS) is 10.9. The van der Waals surface area contributed by atoms with E-state index in [1.54, 1.807) is 0 Å². The molecule has 0 atom stereocenters. The maximum absolute atomic E-state index is 2.29. The molecule has 202 valence electrons. The van der Waals surface area contributed by atoms with Gasteiger partial charge in [0.05, 0.1) is 0 Å². The number of nitrogens with zero attached hydrogens (tertiary/aromatic N) is 4. The second kappa shape index (κ2) is 11.4. The number of hydrogen-bond acceptors (Lipinski definition) is 2. The van der Waals surface area contributed by atoms with Crippen LogP contribution in [0.2, 0.25) is 0 Å². The van der Waals surface area contributed by atoms with E-state index in [9.17, 15) is 0 Å². The fourth-order valence-electron chi connectivity index (χ4n) is 5.36. The Balaban J connectivity index is 1.25. The third-order valence-corrected chi connectivity index (χ3v) is 7.42. The van der Waals surface area contributed by atoms with Crippen molar-refractivity contribution in [3.63, 3.8) is 0 Å². The van der Waals surface area contributed by atoms with Gasteiger partial charge in [0.15, 0.2) is 0 Å². The van der Waals surface area contributed by atoms with E-state index in [2.05, 4.69) is 177 Å². The Morgan fingerprint density at radius 2 is 0.524 bits per heavy atom. The van der Waals surface area contributed by atoms with Crippen LogP contribution >= 0.6 is 0 Å². The topological polar surface area (TPSA) is 16.3 Å². The van der Waals surface area contributed by atoms with Crippen molar-refractivity contribution >= 4 is 34.1 Å². The molecule has 0 amide bonds. The first-order valence-corrected chi connectivity index (χ1v) is 14.1.